The van der Waals surface area contributed by atoms with Crippen molar-refractivity contribution in [1.29, 1.82) is 0 Å². The van der Waals surface area contributed by atoms with E-state index < -0.39 is 0 Å². The van der Waals surface area contributed by atoms with Gasteiger partial charge in [0.05, 0.1) is 13.2 Å². The molecule has 0 spiro atoms. The fourth-order valence-corrected chi connectivity index (χ4v) is 2.18. The van der Waals surface area contributed by atoms with E-state index in [1.54, 1.807) is 7.11 Å². The van der Waals surface area contributed by atoms with Crippen molar-refractivity contribution in [3.63, 3.8) is 0 Å². The molecule has 0 aliphatic heterocycles. The zero-order valence-corrected chi connectivity index (χ0v) is 12.0. The van der Waals surface area contributed by atoms with Crippen LogP contribution in [0.25, 0.3) is 0 Å². The van der Waals surface area contributed by atoms with Crippen LogP contribution in [0.5, 0.6) is 5.75 Å². The zero-order chi connectivity index (χ0) is 14.4. The molecule has 20 heavy (non-hydrogen) atoms. The molecule has 2 aromatic carbocycles. The molecule has 2 rings (SSSR count). The molecule has 2 unspecified atom stereocenters. The van der Waals surface area contributed by atoms with E-state index in [0.717, 1.165) is 11.4 Å². The van der Waals surface area contributed by atoms with Crippen LogP contribution in [0.4, 0.5) is 5.69 Å². The van der Waals surface area contributed by atoms with Crippen LogP contribution in [0.2, 0.25) is 0 Å². The minimum Gasteiger partial charge on any atom is -0.497 e. The van der Waals surface area contributed by atoms with Gasteiger partial charge in [0.15, 0.2) is 0 Å². The molecule has 0 aliphatic rings. The highest BCUT2D eigenvalue weighted by molar-refractivity contribution is 5.48. The van der Waals surface area contributed by atoms with Crippen molar-refractivity contribution in [2.24, 2.45) is 5.92 Å². The Bertz CT molecular complexity index is 533. The molecule has 0 radical (unpaired) electrons. The summed E-state index contributed by atoms with van der Waals surface area (Å²) in [7, 11) is 1.68. The van der Waals surface area contributed by atoms with E-state index in [-0.39, 0.29) is 6.04 Å². The van der Waals surface area contributed by atoms with Crippen LogP contribution in [-0.2, 0) is 0 Å². The van der Waals surface area contributed by atoms with Crippen molar-refractivity contribution in [3.05, 3.63) is 72.8 Å². The predicted molar refractivity (Wildman–Crippen MR) is 85.2 cm³/mol. The minimum atomic E-state index is 0.210. The summed E-state index contributed by atoms with van der Waals surface area (Å²) in [4.78, 5) is 0. The van der Waals surface area contributed by atoms with Gasteiger partial charge in [0.1, 0.15) is 5.75 Å². The van der Waals surface area contributed by atoms with Gasteiger partial charge in [0, 0.05) is 5.69 Å². The molecule has 0 saturated carbocycles. The van der Waals surface area contributed by atoms with Gasteiger partial charge in [-0.1, -0.05) is 43.3 Å². The number of ether oxygens (including phenoxy) is 1. The predicted octanol–water partition coefficient (Wildman–Crippen LogP) is 4.67. The molecule has 0 aromatic heterocycles. The second kappa shape index (κ2) is 6.80. The first-order chi connectivity index (χ1) is 9.74. The highest BCUT2D eigenvalue weighted by atomic mass is 16.5. The molecule has 104 valence electrons. The van der Waals surface area contributed by atoms with E-state index in [2.05, 4.69) is 43.1 Å². The van der Waals surface area contributed by atoms with Gasteiger partial charge in [0.2, 0.25) is 0 Å². The Balaban J connectivity index is 2.21. The van der Waals surface area contributed by atoms with E-state index in [0.29, 0.717) is 5.92 Å². The molecule has 0 saturated heterocycles. The molecule has 2 nitrogen and oxygen atoms in total. The normalized spacial score (nSPS) is 13.3. The number of hydrogen-bond donors (Lipinski definition) is 1. The Kier molecular flexibility index (Phi) is 4.83. The second-order valence-corrected chi connectivity index (χ2v) is 4.86. The third-order valence-electron chi connectivity index (χ3n) is 3.47. The molecule has 0 fully saturated rings. The van der Waals surface area contributed by atoms with Crippen molar-refractivity contribution in [3.8, 4) is 5.75 Å². The van der Waals surface area contributed by atoms with Crippen LogP contribution in [-0.4, -0.2) is 7.11 Å². The van der Waals surface area contributed by atoms with Crippen LogP contribution in [0.1, 0.15) is 18.5 Å². The Morgan fingerprint density at radius 2 is 1.70 bits per heavy atom. The highest BCUT2D eigenvalue weighted by Gasteiger charge is 2.16. The van der Waals surface area contributed by atoms with Gasteiger partial charge < -0.3 is 10.1 Å². The average molecular weight is 267 g/mol. The number of benzene rings is 2. The Morgan fingerprint density at radius 3 is 2.25 bits per heavy atom. The minimum absolute atomic E-state index is 0.210. The van der Waals surface area contributed by atoms with Gasteiger partial charge in [0.25, 0.3) is 0 Å². The largest absolute Gasteiger partial charge is 0.497 e. The summed E-state index contributed by atoms with van der Waals surface area (Å²) in [6.07, 6.45) is 1.98. The first-order valence-corrected chi connectivity index (χ1v) is 6.82. The lowest BCUT2D eigenvalue weighted by Gasteiger charge is -2.24. The first-order valence-electron chi connectivity index (χ1n) is 6.82. The lowest BCUT2D eigenvalue weighted by molar-refractivity contribution is 0.415. The Hall–Kier alpha value is -2.22. The van der Waals surface area contributed by atoms with Crippen LogP contribution >= 0.6 is 0 Å². The molecular formula is C18H21NO. The summed E-state index contributed by atoms with van der Waals surface area (Å²) in [5, 5.41) is 3.57. The number of rotatable bonds is 6. The SMILES string of the molecule is C=CC(C)C(Nc1ccc(OC)cc1)c1ccccc1. The van der Waals surface area contributed by atoms with E-state index >= 15 is 0 Å². The average Bonchev–Trinajstić information content (AvgIpc) is 2.53. The van der Waals surface area contributed by atoms with Crippen LogP contribution in [0.3, 0.4) is 0 Å². The van der Waals surface area contributed by atoms with E-state index in [9.17, 15) is 0 Å². The summed E-state index contributed by atoms with van der Waals surface area (Å²) in [6, 6.07) is 18.6. The summed E-state index contributed by atoms with van der Waals surface area (Å²) in [5.41, 5.74) is 2.34. The molecule has 2 atom stereocenters. The quantitative estimate of drug-likeness (QED) is 0.768. The Morgan fingerprint density at radius 1 is 1.05 bits per heavy atom. The van der Waals surface area contributed by atoms with Crippen LogP contribution in [0, 0.1) is 5.92 Å². The van der Waals surface area contributed by atoms with Gasteiger partial charge in [-0.05, 0) is 35.7 Å². The third kappa shape index (κ3) is 3.41. The monoisotopic (exact) mass is 267 g/mol. The molecule has 0 amide bonds. The molecule has 0 heterocycles. The van der Waals surface area contributed by atoms with Crippen molar-refractivity contribution in [2.75, 3.05) is 12.4 Å². The molecule has 2 heteroatoms. The first kappa shape index (κ1) is 14.2. The number of hydrogen-bond acceptors (Lipinski definition) is 2. The lowest BCUT2D eigenvalue weighted by atomic mass is 9.94. The molecular weight excluding hydrogens is 246 g/mol. The fraction of sp³-hybridized carbons (Fsp3) is 0.222. The maximum absolute atomic E-state index is 5.18. The van der Waals surface area contributed by atoms with Crippen molar-refractivity contribution < 1.29 is 4.74 Å². The molecule has 2 aromatic rings. The lowest BCUT2D eigenvalue weighted by Crippen LogP contribution is -2.17. The molecule has 1 N–H and O–H groups in total. The summed E-state index contributed by atoms with van der Waals surface area (Å²) < 4.78 is 5.18. The number of methoxy groups -OCH3 is 1. The van der Waals surface area contributed by atoms with Gasteiger partial charge in [-0.2, -0.15) is 0 Å². The van der Waals surface area contributed by atoms with Crippen molar-refractivity contribution >= 4 is 5.69 Å². The number of anilines is 1. The summed E-state index contributed by atoms with van der Waals surface area (Å²) in [5.74, 6) is 1.20. The zero-order valence-electron chi connectivity index (χ0n) is 12.0. The van der Waals surface area contributed by atoms with Crippen LogP contribution in [0.15, 0.2) is 67.3 Å². The van der Waals surface area contributed by atoms with Gasteiger partial charge in [-0.25, -0.2) is 0 Å². The van der Waals surface area contributed by atoms with Crippen molar-refractivity contribution in [1.82, 2.24) is 0 Å². The smallest absolute Gasteiger partial charge is 0.119 e. The Labute approximate surface area is 121 Å². The number of nitrogens with one attached hydrogen (secondary N) is 1. The topological polar surface area (TPSA) is 21.3 Å². The summed E-state index contributed by atoms with van der Waals surface area (Å²) >= 11 is 0. The highest BCUT2D eigenvalue weighted by Crippen LogP contribution is 2.28. The van der Waals surface area contributed by atoms with Gasteiger partial charge in [-0.15, -0.1) is 6.58 Å². The maximum Gasteiger partial charge on any atom is 0.119 e. The standard InChI is InChI=1S/C18H21NO/c1-4-14(2)18(15-8-6-5-7-9-15)19-16-10-12-17(20-3)13-11-16/h4-14,18-19H,1H2,2-3H3. The maximum atomic E-state index is 5.18. The van der Waals surface area contributed by atoms with E-state index in [1.807, 2.05) is 36.4 Å². The molecule has 0 aliphatic carbocycles. The molecule has 0 bridgehead atoms. The second-order valence-electron chi connectivity index (χ2n) is 4.86. The van der Waals surface area contributed by atoms with Crippen molar-refractivity contribution in [2.45, 2.75) is 13.0 Å². The fourth-order valence-electron chi connectivity index (χ4n) is 2.18. The summed E-state index contributed by atoms with van der Waals surface area (Å²) in [6.45, 7) is 6.08. The van der Waals surface area contributed by atoms with E-state index in [4.69, 9.17) is 4.74 Å². The van der Waals surface area contributed by atoms with Gasteiger partial charge in [-0.3, -0.25) is 0 Å². The van der Waals surface area contributed by atoms with E-state index in [1.165, 1.54) is 5.56 Å². The van der Waals surface area contributed by atoms with Gasteiger partial charge >= 0.3 is 0 Å². The third-order valence-corrected chi connectivity index (χ3v) is 3.47. The van der Waals surface area contributed by atoms with Crippen LogP contribution < -0.4 is 10.1 Å².